The van der Waals surface area contributed by atoms with E-state index in [-0.39, 0.29) is 0 Å². The molecule has 1 aliphatic rings. The number of fused-ring (bicyclic) bond motifs is 1. The summed E-state index contributed by atoms with van der Waals surface area (Å²) < 4.78 is 0. The third kappa shape index (κ3) is 3.93. The molecule has 0 radical (unpaired) electrons. The van der Waals surface area contributed by atoms with Crippen LogP contribution in [0.25, 0.3) is 11.0 Å². The van der Waals surface area contributed by atoms with Crippen LogP contribution in [-0.2, 0) is 0 Å². The van der Waals surface area contributed by atoms with E-state index in [9.17, 15) is 0 Å². The number of aromatic nitrogens is 3. The van der Waals surface area contributed by atoms with Crippen molar-refractivity contribution in [2.75, 3.05) is 37.0 Å². The van der Waals surface area contributed by atoms with Crippen LogP contribution in [0.1, 0.15) is 24.1 Å². The molecular weight excluding hydrogens is 306 g/mol. The van der Waals surface area contributed by atoms with Gasteiger partial charge in [-0.25, -0.2) is 15.0 Å². The van der Waals surface area contributed by atoms with E-state index in [1.165, 1.54) is 17.9 Å². The van der Waals surface area contributed by atoms with E-state index in [0.29, 0.717) is 6.04 Å². The zero-order valence-electron chi connectivity index (χ0n) is 14.2. The Morgan fingerprint density at radius 3 is 2.78 bits per heavy atom. The summed E-state index contributed by atoms with van der Waals surface area (Å²) in [6, 6.07) is 2.58. The van der Waals surface area contributed by atoms with Gasteiger partial charge < -0.3 is 10.2 Å². The molecule has 3 heterocycles. The maximum atomic E-state index is 4.53. The summed E-state index contributed by atoms with van der Waals surface area (Å²) in [5.41, 5.74) is 2.98. The molecule has 0 amide bonds. The minimum absolute atomic E-state index is 0.485. The van der Waals surface area contributed by atoms with E-state index in [1.54, 1.807) is 6.33 Å². The first-order valence-electron chi connectivity index (χ1n) is 8.24. The number of likely N-dealkylation sites (tertiary alicyclic amines) is 1. The number of hydrogen-bond donors (Lipinski definition) is 1. The molecule has 0 aromatic carbocycles. The van der Waals surface area contributed by atoms with Crippen LogP contribution in [0.2, 0.25) is 0 Å². The van der Waals surface area contributed by atoms with Gasteiger partial charge in [0.05, 0.1) is 5.39 Å². The molecule has 0 spiro atoms. The number of aryl methyl sites for hydroxylation is 2. The standard InChI is InChI=1S/C17H25N5S/c1-12-10-13(2)20-16-15(12)17(19-11-18-16)21-14-4-6-22(7-5-14)8-9-23-3/h10-11,14H,4-9H2,1-3H3,(H,18,19,20,21). The molecule has 2 aromatic heterocycles. The van der Waals surface area contributed by atoms with E-state index in [2.05, 4.69) is 44.4 Å². The van der Waals surface area contributed by atoms with Gasteiger partial charge in [-0.15, -0.1) is 0 Å². The van der Waals surface area contributed by atoms with Crippen molar-refractivity contribution in [3.8, 4) is 0 Å². The molecule has 1 N–H and O–H groups in total. The summed E-state index contributed by atoms with van der Waals surface area (Å²) in [7, 11) is 0. The summed E-state index contributed by atoms with van der Waals surface area (Å²) in [5, 5.41) is 4.70. The van der Waals surface area contributed by atoms with Crippen molar-refractivity contribution in [2.45, 2.75) is 32.7 Å². The highest BCUT2D eigenvalue weighted by Crippen LogP contribution is 2.25. The molecule has 23 heavy (non-hydrogen) atoms. The van der Waals surface area contributed by atoms with Gasteiger partial charge in [0.25, 0.3) is 0 Å². The first-order chi connectivity index (χ1) is 11.2. The minimum atomic E-state index is 0.485. The lowest BCUT2D eigenvalue weighted by atomic mass is 10.0. The molecule has 0 aliphatic carbocycles. The highest BCUT2D eigenvalue weighted by Gasteiger charge is 2.20. The zero-order chi connectivity index (χ0) is 16.2. The fraction of sp³-hybridized carbons (Fsp3) is 0.588. The van der Waals surface area contributed by atoms with Crippen molar-refractivity contribution in [1.29, 1.82) is 0 Å². The Balaban J connectivity index is 1.71. The highest BCUT2D eigenvalue weighted by molar-refractivity contribution is 7.98. The highest BCUT2D eigenvalue weighted by atomic mass is 32.2. The average molecular weight is 331 g/mol. The summed E-state index contributed by atoms with van der Waals surface area (Å²) in [6.07, 6.45) is 6.12. The third-order valence-corrected chi connectivity index (χ3v) is 5.06. The van der Waals surface area contributed by atoms with Crippen molar-refractivity contribution in [3.05, 3.63) is 23.7 Å². The normalized spacial score (nSPS) is 16.8. The van der Waals surface area contributed by atoms with Crippen LogP contribution in [0.4, 0.5) is 5.82 Å². The molecular formula is C17H25N5S. The number of anilines is 1. The Kier molecular flexibility index (Phi) is 5.33. The SMILES string of the molecule is CSCCN1CCC(Nc2ncnc3nc(C)cc(C)c23)CC1. The lowest BCUT2D eigenvalue weighted by molar-refractivity contribution is 0.231. The molecule has 1 aliphatic heterocycles. The summed E-state index contributed by atoms with van der Waals surface area (Å²) >= 11 is 1.92. The summed E-state index contributed by atoms with van der Waals surface area (Å²) in [6.45, 7) is 7.64. The van der Waals surface area contributed by atoms with Crippen LogP contribution in [0.3, 0.4) is 0 Å². The molecule has 2 aromatic rings. The van der Waals surface area contributed by atoms with E-state index >= 15 is 0 Å². The van der Waals surface area contributed by atoms with E-state index in [1.807, 2.05) is 18.7 Å². The number of thioether (sulfide) groups is 1. The fourth-order valence-electron chi connectivity index (χ4n) is 3.23. The smallest absolute Gasteiger partial charge is 0.165 e. The molecule has 0 saturated carbocycles. The first-order valence-corrected chi connectivity index (χ1v) is 9.63. The number of nitrogens with zero attached hydrogens (tertiary/aromatic N) is 4. The quantitative estimate of drug-likeness (QED) is 0.909. The number of nitrogens with one attached hydrogen (secondary N) is 1. The first kappa shape index (κ1) is 16.5. The Labute approximate surface area is 142 Å². The van der Waals surface area contributed by atoms with Gasteiger partial charge in [-0.3, -0.25) is 0 Å². The molecule has 3 rings (SSSR count). The summed E-state index contributed by atoms with van der Waals surface area (Å²) in [5.74, 6) is 2.15. The van der Waals surface area contributed by atoms with Gasteiger partial charge in [0, 0.05) is 37.1 Å². The fourth-order valence-corrected chi connectivity index (χ4v) is 3.67. The van der Waals surface area contributed by atoms with Crippen LogP contribution in [0.15, 0.2) is 12.4 Å². The van der Waals surface area contributed by atoms with Gasteiger partial charge in [0.1, 0.15) is 12.1 Å². The monoisotopic (exact) mass is 331 g/mol. The Morgan fingerprint density at radius 1 is 1.26 bits per heavy atom. The van der Waals surface area contributed by atoms with Crippen molar-refractivity contribution in [2.24, 2.45) is 0 Å². The molecule has 1 fully saturated rings. The lowest BCUT2D eigenvalue weighted by Crippen LogP contribution is -2.40. The maximum absolute atomic E-state index is 4.53. The van der Waals surface area contributed by atoms with Crippen LogP contribution in [0.5, 0.6) is 0 Å². The molecule has 1 saturated heterocycles. The molecule has 6 heteroatoms. The second-order valence-corrected chi connectivity index (χ2v) is 7.24. The molecule has 0 unspecified atom stereocenters. The van der Waals surface area contributed by atoms with E-state index in [0.717, 1.165) is 48.5 Å². The van der Waals surface area contributed by atoms with Crippen LogP contribution < -0.4 is 5.32 Å². The van der Waals surface area contributed by atoms with Crippen LogP contribution in [0, 0.1) is 13.8 Å². The zero-order valence-corrected chi connectivity index (χ0v) is 15.0. The van der Waals surface area contributed by atoms with Gasteiger partial charge in [-0.05, 0) is 44.6 Å². The van der Waals surface area contributed by atoms with Gasteiger partial charge in [0.2, 0.25) is 0 Å². The Hall–Kier alpha value is -1.40. The predicted molar refractivity (Wildman–Crippen MR) is 98.3 cm³/mol. The number of piperidine rings is 1. The van der Waals surface area contributed by atoms with Crippen molar-refractivity contribution in [1.82, 2.24) is 19.9 Å². The second-order valence-electron chi connectivity index (χ2n) is 6.25. The average Bonchev–Trinajstić information content (AvgIpc) is 2.54. The Bertz CT molecular complexity index is 667. The molecule has 124 valence electrons. The second kappa shape index (κ2) is 7.45. The van der Waals surface area contributed by atoms with Crippen LogP contribution in [-0.4, -0.2) is 57.5 Å². The molecule has 5 nitrogen and oxygen atoms in total. The van der Waals surface area contributed by atoms with Crippen molar-refractivity contribution < 1.29 is 0 Å². The molecule has 0 atom stereocenters. The van der Waals surface area contributed by atoms with E-state index < -0.39 is 0 Å². The Morgan fingerprint density at radius 2 is 2.04 bits per heavy atom. The number of pyridine rings is 1. The van der Waals surface area contributed by atoms with Gasteiger partial charge in [0.15, 0.2) is 5.65 Å². The van der Waals surface area contributed by atoms with Gasteiger partial charge in [-0.1, -0.05) is 0 Å². The van der Waals surface area contributed by atoms with Crippen molar-refractivity contribution in [3.63, 3.8) is 0 Å². The number of hydrogen-bond acceptors (Lipinski definition) is 6. The topological polar surface area (TPSA) is 53.9 Å². The van der Waals surface area contributed by atoms with Crippen molar-refractivity contribution >= 4 is 28.6 Å². The largest absolute Gasteiger partial charge is 0.367 e. The minimum Gasteiger partial charge on any atom is -0.367 e. The van der Waals surface area contributed by atoms with Crippen LogP contribution >= 0.6 is 11.8 Å². The molecule has 0 bridgehead atoms. The lowest BCUT2D eigenvalue weighted by Gasteiger charge is -2.32. The predicted octanol–water partition coefficient (Wildman–Crippen LogP) is 2.88. The summed E-state index contributed by atoms with van der Waals surface area (Å²) in [4.78, 5) is 15.9. The van der Waals surface area contributed by atoms with Gasteiger partial charge >= 0.3 is 0 Å². The number of rotatable bonds is 5. The maximum Gasteiger partial charge on any atom is 0.165 e. The van der Waals surface area contributed by atoms with Gasteiger partial charge in [-0.2, -0.15) is 11.8 Å². The third-order valence-electron chi connectivity index (χ3n) is 4.47. The van der Waals surface area contributed by atoms with E-state index in [4.69, 9.17) is 0 Å².